The molecular formula is C19H18O6P2S. The zero-order valence-electron chi connectivity index (χ0n) is 14.9. The van der Waals surface area contributed by atoms with Crippen molar-refractivity contribution in [3.63, 3.8) is 0 Å². The SMILES string of the molecule is Cc1ccccc1OP(O)(=S)OP(=O)(Oc1ccccc1)Oc1ccccc1. The quantitative estimate of drug-likeness (QED) is 0.443. The van der Waals surface area contributed by atoms with Crippen molar-refractivity contribution in [3.05, 3.63) is 90.5 Å². The monoisotopic (exact) mass is 436 g/mol. The van der Waals surface area contributed by atoms with Crippen LogP contribution in [0.4, 0.5) is 0 Å². The summed E-state index contributed by atoms with van der Waals surface area (Å²) in [6, 6.07) is 23.6. The summed E-state index contributed by atoms with van der Waals surface area (Å²) in [5.74, 6) is 0.777. The summed E-state index contributed by atoms with van der Waals surface area (Å²) in [5.41, 5.74) is 0.733. The summed E-state index contributed by atoms with van der Waals surface area (Å²) >= 11 is 5.06. The van der Waals surface area contributed by atoms with E-state index in [2.05, 4.69) is 0 Å². The molecule has 0 saturated heterocycles. The van der Waals surface area contributed by atoms with Gasteiger partial charge in [0.2, 0.25) is 0 Å². The van der Waals surface area contributed by atoms with Crippen LogP contribution in [-0.2, 0) is 20.7 Å². The van der Waals surface area contributed by atoms with Crippen LogP contribution >= 0.6 is 14.5 Å². The molecule has 0 amide bonds. The van der Waals surface area contributed by atoms with Gasteiger partial charge in [-0.25, -0.2) is 4.57 Å². The maximum atomic E-state index is 13.3. The van der Waals surface area contributed by atoms with Crippen LogP contribution in [-0.4, -0.2) is 4.89 Å². The van der Waals surface area contributed by atoms with Crippen LogP contribution in [0.1, 0.15) is 5.56 Å². The normalized spacial score (nSPS) is 13.4. The molecule has 0 saturated carbocycles. The lowest BCUT2D eigenvalue weighted by Gasteiger charge is -2.23. The Morgan fingerprint density at radius 1 is 0.750 bits per heavy atom. The molecule has 3 rings (SSSR count). The lowest BCUT2D eigenvalue weighted by molar-refractivity contribution is 0.274. The summed E-state index contributed by atoms with van der Waals surface area (Å²) < 4.78 is 34.9. The lowest BCUT2D eigenvalue weighted by Crippen LogP contribution is -2.06. The first-order valence-electron chi connectivity index (χ1n) is 8.24. The number of rotatable bonds is 8. The first-order valence-corrected chi connectivity index (χ1v) is 12.3. The topological polar surface area (TPSA) is 74.2 Å². The summed E-state index contributed by atoms with van der Waals surface area (Å²) in [4.78, 5) is 10.5. The minimum atomic E-state index is -4.37. The highest BCUT2D eigenvalue weighted by Crippen LogP contribution is 2.62. The van der Waals surface area contributed by atoms with Crippen LogP contribution in [0.3, 0.4) is 0 Å². The van der Waals surface area contributed by atoms with E-state index < -0.39 is 14.5 Å². The van der Waals surface area contributed by atoms with E-state index in [0.29, 0.717) is 5.75 Å². The summed E-state index contributed by atoms with van der Waals surface area (Å²) in [6.07, 6.45) is 0. The molecule has 0 aliphatic rings. The Morgan fingerprint density at radius 2 is 1.21 bits per heavy atom. The van der Waals surface area contributed by atoms with Crippen LogP contribution in [0.5, 0.6) is 17.2 Å². The van der Waals surface area contributed by atoms with Gasteiger partial charge in [0, 0.05) is 11.8 Å². The molecule has 0 heterocycles. The number of para-hydroxylation sites is 3. The van der Waals surface area contributed by atoms with Crippen molar-refractivity contribution in [2.75, 3.05) is 0 Å². The maximum Gasteiger partial charge on any atom is 0.595 e. The highest BCUT2D eigenvalue weighted by molar-refractivity contribution is 8.08. The van der Waals surface area contributed by atoms with E-state index >= 15 is 0 Å². The van der Waals surface area contributed by atoms with Crippen LogP contribution in [0, 0.1) is 6.92 Å². The van der Waals surface area contributed by atoms with Crippen molar-refractivity contribution >= 4 is 26.3 Å². The summed E-state index contributed by atoms with van der Waals surface area (Å²) in [7, 11) is -4.37. The van der Waals surface area contributed by atoms with E-state index in [1.54, 1.807) is 85.8 Å². The van der Waals surface area contributed by atoms with Gasteiger partial charge in [-0.1, -0.05) is 54.6 Å². The van der Waals surface area contributed by atoms with Crippen molar-refractivity contribution in [1.29, 1.82) is 0 Å². The van der Waals surface area contributed by atoms with Gasteiger partial charge in [0.05, 0.1) is 0 Å². The Labute approximate surface area is 168 Å². The van der Waals surface area contributed by atoms with Gasteiger partial charge >= 0.3 is 14.5 Å². The number of benzene rings is 3. The maximum absolute atomic E-state index is 13.3. The van der Waals surface area contributed by atoms with Gasteiger partial charge in [-0.05, 0) is 42.8 Å². The van der Waals surface area contributed by atoms with Crippen molar-refractivity contribution in [2.24, 2.45) is 0 Å². The van der Waals surface area contributed by atoms with Gasteiger partial charge in [0.1, 0.15) is 17.2 Å². The molecule has 0 aliphatic heterocycles. The molecule has 0 fully saturated rings. The number of phosphoric acid groups is 1. The van der Waals surface area contributed by atoms with Gasteiger partial charge in [-0.3, -0.25) is 0 Å². The van der Waals surface area contributed by atoms with E-state index in [9.17, 15) is 9.46 Å². The number of phosphoric ester groups is 1. The lowest BCUT2D eigenvalue weighted by atomic mass is 10.2. The highest BCUT2D eigenvalue weighted by atomic mass is 32.5. The predicted molar refractivity (Wildman–Crippen MR) is 111 cm³/mol. The average Bonchev–Trinajstić information content (AvgIpc) is 2.64. The smallest absolute Gasteiger partial charge is 0.424 e. The van der Waals surface area contributed by atoms with Crippen molar-refractivity contribution in [1.82, 2.24) is 0 Å². The van der Waals surface area contributed by atoms with E-state index in [1.165, 1.54) is 0 Å². The minimum Gasteiger partial charge on any atom is -0.424 e. The molecular weight excluding hydrogens is 418 g/mol. The van der Waals surface area contributed by atoms with Crippen molar-refractivity contribution in [2.45, 2.75) is 6.92 Å². The first-order chi connectivity index (χ1) is 13.4. The third-order valence-electron chi connectivity index (χ3n) is 3.43. The third-order valence-corrected chi connectivity index (χ3v) is 7.18. The summed E-state index contributed by atoms with van der Waals surface area (Å²) in [6.45, 7) is -2.23. The second kappa shape index (κ2) is 8.91. The van der Waals surface area contributed by atoms with E-state index in [-0.39, 0.29) is 11.5 Å². The van der Waals surface area contributed by atoms with E-state index in [4.69, 9.17) is 29.7 Å². The van der Waals surface area contributed by atoms with Crippen molar-refractivity contribution in [3.8, 4) is 17.2 Å². The second-order valence-electron chi connectivity index (χ2n) is 5.66. The number of hydrogen-bond acceptors (Lipinski definition) is 6. The fourth-order valence-corrected chi connectivity index (χ4v) is 5.84. The Balaban J connectivity index is 1.86. The van der Waals surface area contributed by atoms with Crippen LogP contribution in [0.2, 0.25) is 0 Å². The average molecular weight is 436 g/mol. The first kappa shape index (κ1) is 20.6. The Hall–Kier alpha value is -2.14. The Morgan fingerprint density at radius 3 is 1.71 bits per heavy atom. The number of hydrogen-bond donors (Lipinski definition) is 1. The third kappa shape index (κ3) is 5.93. The van der Waals surface area contributed by atoms with Gasteiger partial charge in [-0.2, -0.15) is 4.31 Å². The van der Waals surface area contributed by atoms with Gasteiger partial charge in [-0.15, -0.1) is 0 Å². The molecule has 0 radical (unpaired) electrons. The molecule has 0 bridgehead atoms. The molecule has 0 spiro atoms. The van der Waals surface area contributed by atoms with E-state index in [1.807, 2.05) is 6.07 Å². The molecule has 3 aromatic rings. The molecule has 1 N–H and O–H groups in total. The van der Waals surface area contributed by atoms with Crippen molar-refractivity contribution < 1.29 is 27.3 Å². The molecule has 6 nitrogen and oxygen atoms in total. The van der Waals surface area contributed by atoms with Gasteiger partial charge in [0.25, 0.3) is 0 Å². The van der Waals surface area contributed by atoms with Gasteiger partial charge < -0.3 is 18.5 Å². The van der Waals surface area contributed by atoms with Crippen LogP contribution < -0.4 is 13.6 Å². The summed E-state index contributed by atoms with van der Waals surface area (Å²) in [5, 5.41) is 0. The predicted octanol–water partition coefficient (Wildman–Crippen LogP) is 5.87. The minimum absolute atomic E-state index is 0.229. The van der Waals surface area contributed by atoms with E-state index in [0.717, 1.165) is 5.56 Å². The molecule has 28 heavy (non-hydrogen) atoms. The molecule has 0 aromatic heterocycles. The van der Waals surface area contributed by atoms with Crippen LogP contribution in [0.15, 0.2) is 84.9 Å². The van der Waals surface area contributed by atoms with Gasteiger partial charge in [0.15, 0.2) is 0 Å². The second-order valence-corrected chi connectivity index (χ2v) is 10.1. The fourth-order valence-electron chi connectivity index (χ4n) is 2.20. The molecule has 9 heteroatoms. The standard InChI is InChI=1S/C19H18O6P2S/c1-16-10-8-9-15-19(16)24-27(21,28)25-26(20,22-17-11-4-2-5-12-17)23-18-13-6-3-7-14-18/h2-15H,1H3,(H,21,28). The molecule has 0 aliphatic carbocycles. The Bertz CT molecular complexity index is 968. The highest BCUT2D eigenvalue weighted by Gasteiger charge is 2.39. The zero-order chi connectivity index (χ0) is 20.0. The largest absolute Gasteiger partial charge is 0.595 e. The molecule has 1 atom stereocenters. The molecule has 3 aromatic carbocycles. The van der Waals surface area contributed by atoms with Crippen LogP contribution in [0.25, 0.3) is 0 Å². The zero-order valence-corrected chi connectivity index (χ0v) is 17.5. The molecule has 1 unspecified atom stereocenters. The number of aryl methyl sites for hydroxylation is 1. The fraction of sp³-hybridized carbons (Fsp3) is 0.0526. The Kier molecular flexibility index (Phi) is 6.55. The molecule has 146 valence electrons.